The highest BCUT2D eigenvalue weighted by Crippen LogP contribution is 2.22. The fourth-order valence-corrected chi connectivity index (χ4v) is 2.68. The second kappa shape index (κ2) is 6.32. The minimum absolute atomic E-state index is 0.286. The van der Waals surface area contributed by atoms with Gasteiger partial charge in [-0.3, -0.25) is 4.90 Å². The van der Waals surface area contributed by atoms with Gasteiger partial charge in [-0.2, -0.15) is 0 Å². The third-order valence-electron chi connectivity index (χ3n) is 3.70. The molecule has 0 saturated carbocycles. The van der Waals surface area contributed by atoms with Gasteiger partial charge in [-0.05, 0) is 32.4 Å². The number of hydrogen-bond donors (Lipinski definition) is 1. The van der Waals surface area contributed by atoms with Crippen LogP contribution in [0.5, 0.6) is 0 Å². The SMILES string of the molecule is Cc1cccc(C(CN)N(C)CC2CCCO2)c1. The Morgan fingerprint density at radius 1 is 1.50 bits per heavy atom. The molecule has 18 heavy (non-hydrogen) atoms. The Labute approximate surface area is 110 Å². The van der Waals surface area contributed by atoms with Crippen LogP contribution in [0.1, 0.15) is 30.0 Å². The fraction of sp³-hybridized carbons (Fsp3) is 0.600. The number of hydrogen-bond acceptors (Lipinski definition) is 3. The van der Waals surface area contributed by atoms with E-state index < -0.39 is 0 Å². The molecule has 3 heteroatoms. The zero-order chi connectivity index (χ0) is 13.0. The molecular formula is C15H24N2O. The smallest absolute Gasteiger partial charge is 0.0702 e. The summed E-state index contributed by atoms with van der Waals surface area (Å²) in [5, 5.41) is 0. The molecule has 0 amide bonds. The Balaban J connectivity index is 2.02. The van der Waals surface area contributed by atoms with E-state index in [2.05, 4.69) is 43.1 Å². The monoisotopic (exact) mass is 248 g/mol. The zero-order valence-corrected chi connectivity index (χ0v) is 11.4. The van der Waals surface area contributed by atoms with Crippen molar-refractivity contribution in [1.82, 2.24) is 4.90 Å². The summed E-state index contributed by atoms with van der Waals surface area (Å²) in [6, 6.07) is 8.90. The van der Waals surface area contributed by atoms with Crippen LogP contribution in [0, 0.1) is 6.92 Å². The van der Waals surface area contributed by atoms with E-state index in [-0.39, 0.29) is 6.04 Å². The minimum atomic E-state index is 0.286. The number of nitrogens with zero attached hydrogens (tertiary/aromatic N) is 1. The molecule has 1 heterocycles. The quantitative estimate of drug-likeness (QED) is 0.867. The second-order valence-electron chi connectivity index (χ2n) is 5.24. The van der Waals surface area contributed by atoms with Crippen LogP contribution in [0.2, 0.25) is 0 Å². The number of nitrogens with two attached hydrogens (primary N) is 1. The Morgan fingerprint density at radius 2 is 2.33 bits per heavy atom. The molecule has 2 N–H and O–H groups in total. The molecule has 1 fully saturated rings. The standard InChI is InChI=1S/C15H24N2O/c1-12-5-3-6-13(9-12)15(10-16)17(2)11-14-7-4-8-18-14/h3,5-6,9,14-15H,4,7-8,10-11,16H2,1-2H3. The van der Waals surface area contributed by atoms with Gasteiger partial charge in [-0.15, -0.1) is 0 Å². The Kier molecular flexibility index (Phi) is 4.75. The molecule has 0 spiro atoms. The summed E-state index contributed by atoms with van der Waals surface area (Å²) in [4.78, 5) is 2.32. The summed E-state index contributed by atoms with van der Waals surface area (Å²) >= 11 is 0. The summed E-state index contributed by atoms with van der Waals surface area (Å²) in [5.74, 6) is 0. The highest BCUT2D eigenvalue weighted by molar-refractivity contribution is 5.25. The van der Waals surface area contributed by atoms with Gasteiger partial charge in [0.25, 0.3) is 0 Å². The van der Waals surface area contributed by atoms with Gasteiger partial charge in [0.1, 0.15) is 0 Å². The second-order valence-corrected chi connectivity index (χ2v) is 5.24. The van der Waals surface area contributed by atoms with E-state index in [9.17, 15) is 0 Å². The third-order valence-corrected chi connectivity index (χ3v) is 3.70. The van der Waals surface area contributed by atoms with Crippen LogP contribution in [0.25, 0.3) is 0 Å². The number of benzene rings is 1. The number of likely N-dealkylation sites (N-methyl/N-ethyl adjacent to an activating group) is 1. The summed E-state index contributed by atoms with van der Waals surface area (Å²) in [5.41, 5.74) is 8.54. The van der Waals surface area contributed by atoms with Crippen molar-refractivity contribution in [3.05, 3.63) is 35.4 Å². The molecule has 1 aromatic carbocycles. The lowest BCUT2D eigenvalue weighted by molar-refractivity contribution is 0.0689. The van der Waals surface area contributed by atoms with E-state index in [0.29, 0.717) is 12.6 Å². The van der Waals surface area contributed by atoms with Crippen molar-refractivity contribution in [3.63, 3.8) is 0 Å². The van der Waals surface area contributed by atoms with Crippen molar-refractivity contribution in [1.29, 1.82) is 0 Å². The summed E-state index contributed by atoms with van der Waals surface area (Å²) in [7, 11) is 2.14. The first kappa shape index (κ1) is 13.5. The number of ether oxygens (including phenoxy) is 1. The molecule has 0 bridgehead atoms. The van der Waals surface area contributed by atoms with Crippen molar-refractivity contribution >= 4 is 0 Å². The van der Waals surface area contributed by atoms with Crippen LogP contribution in [0.4, 0.5) is 0 Å². The predicted molar refractivity (Wildman–Crippen MR) is 74.6 cm³/mol. The average molecular weight is 248 g/mol. The Bertz CT molecular complexity index is 375. The Hall–Kier alpha value is -0.900. The Morgan fingerprint density at radius 3 is 2.94 bits per heavy atom. The molecule has 0 aromatic heterocycles. The molecule has 0 radical (unpaired) electrons. The molecule has 0 aliphatic carbocycles. The van der Waals surface area contributed by atoms with E-state index in [1.807, 2.05) is 0 Å². The van der Waals surface area contributed by atoms with Crippen LogP contribution in [0.15, 0.2) is 24.3 Å². The van der Waals surface area contributed by atoms with Crippen molar-refractivity contribution in [3.8, 4) is 0 Å². The molecular weight excluding hydrogens is 224 g/mol. The van der Waals surface area contributed by atoms with Crippen molar-refractivity contribution in [2.45, 2.75) is 31.9 Å². The molecule has 2 unspecified atom stereocenters. The van der Waals surface area contributed by atoms with Crippen molar-refractivity contribution < 1.29 is 4.74 Å². The van der Waals surface area contributed by atoms with Gasteiger partial charge in [0.05, 0.1) is 6.10 Å². The third kappa shape index (κ3) is 3.31. The van der Waals surface area contributed by atoms with E-state index in [4.69, 9.17) is 10.5 Å². The first-order valence-electron chi connectivity index (χ1n) is 6.79. The first-order valence-corrected chi connectivity index (χ1v) is 6.79. The largest absolute Gasteiger partial charge is 0.377 e. The van der Waals surface area contributed by atoms with Gasteiger partial charge in [0.15, 0.2) is 0 Å². The maximum atomic E-state index is 5.95. The summed E-state index contributed by atoms with van der Waals surface area (Å²) in [6.45, 7) is 4.65. The maximum absolute atomic E-state index is 5.95. The van der Waals surface area contributed by atoms with Crippen molar-refractivity contribution in [2.75, 3.05) is 26.7 Å². The molecule has 1 aliphatic rings. The minimum Gasteiger partial charge on any atom is -0.377 e. The van der Waals surface area contributed by atoms with Gasteiger partial charge in [-0.25, -0.2) is 0 Å². The zero-order valence-electron chi connectivity index (χ0n) is 11.4. The van der Waals surface area contributed by atoms with E-state index in [0.717, 1.165) is 13.2 Å². The predicted octanol–water partition coefficient (Wildman–Crippen LogP) is 2.11. The normalized spacial score (nSPS) is 21.4. The van der Waals surface area contributed by atoms with E-state index >= 15 is 0 Å². The van der Waals surface area contributed by atoms with Crippen molar-refractivity contribution in [2.24, 2.45) is 5.73 Å². The fourth-order valence-electron chi connectivity index (χ4n) is 2.68. The summed E-state index contributed by atoms with van der Waals surface area (Å²) in [6.07, 6.45) is 2.75. The van der Waals surface area contributed by atoms with Gasteiger partial charge in [0.2, 0.25) is 0 Å². The molecule has 1 saturated heterocycles. The van der Waals surface area contributed by atoms with Crippen LogP contribution in [-0.4, -0.2) is 37.7 Å². The molecule has 100 valence electrons. The maximum Gasteiger partial charge on any atom is 0.0702 e. The molecule has 2 atom stereocenters. The van der Waals surface area contributed by atoms with Crippen LogP contribution >= 0.6 is 0 Å². The average Bonchev–Trinajstić information content (AvgIpc) is 2.83. The lowest BCUT2D eigenvalue weighted by Gasteiger charge is -2.29. The summed E-state index contributed by atoms with van der Waals surface area (Å²) < 4.78 is 5.70. The number of rotatable bonds is 5. The van der Waals surface area contributed by atoms with Gasteiger partial charge in [-0.1, -0.05) is 29.8 Å². The van der Waals surface area contributed by atoms with E-state index in [1.54, 1.807) is 0 Å². The first-order chi connectivity index (χ1) is 8.70. The van der Waals surface area contributed by atoms with Gasteiger partial charge < -0.3 is 10.5 Å². The molecule has 3 nitrogen and oxygen atoms in total. The number of aryl methyl sites for hydroxylation is 1. The molecule has 2 rings (SSSR count). The topological polar surface area (TPSA) is 38.5 Å². The van der Waals surface area contributed by atoms with E-state index in [1.165, 1.54) is 24.0 Å². The lowest BCUT2D eigenvalue weighted by atomic mass is 10.0. The molecule has 1 aromatic rings. The van der Waals surface area contributed by atoms with Crippen LogP contribution < -0.4 is 5.73 Å². The van der Waals surface area contributed by atoms with Crippen LogP contribution in [-0.2, 0) is 4.74 Å². The van der Waals surface area contributed by atoms with Gasteiger partial charge in [0, 0.05) is 25.7 Å². The highest BCUT2D eigenvalue weighted by atomic mass is 16.5. The van der Waals surface area contributed by atoms with Crippen LogP contribution in [0.3, 0.4) is 0 Å². The lowest BCUT2D eigenvalue weighted by Crippen LogP contribution is -2.36. The highest BCUT2D eigenvalue weighted by Gasteiger charge is 2.22. The molecule has 1 aliphatic heterocycles. The van der Waals surface area contributed by atoms with Gasteiger partial charge >= 0.3 is 0 Å².